The highest BCUT2D eigenvalue weighted by Crippen LogP contribution is 2.53. The number of nitrogens with zero attached hydrogens (tertiary/aromatic N) is 6. The molecule has 3 aliphatic carbocycles. The van der Waals surface area contributed by atoms with Crippen molar-refractivity contribution in [2.75, 3.05) is 44.2 Å². The molecule has 2 saturated heterocycles. The number of alkyl halides is 1. The van der Waals surface area contributed by atoms with Crippen LogP contribution in [0.25, 0.3) is 0 Å². The van der Waals surface area contributed by atoms with Crippen molar-refractivity contribution in [3.05, 3.63) is 23.9 Å². The molecule has 1 aromatic heterocycles. The minimum absolute atomic E-state index is 0.00213. The molecule has 10 heteroatoms. The number of hydrogen-bond acceptors (Lipinski definition) is 7. The summed E-state index contributed by atoms with van der Waals surface area (Å²) in [5.74, 6) is 0.864. The van der Waals surface area contributed by atoms with Gasteiger partial charge in [0.2, 0.25) is 11.8 Å². The van der Waals surface area contributed by atoms with E-state index in [9.17, 15) is 19.2 Å². The van der Waals surface area contributed by atoms with Crippen molar-refractivity contribution in [3.63, 3.8) is 0 Å². The maximum absolute atomic E-state index is 13.7. The molecule has 0 spiro atoms. The summed E-state index contributed by atoms with van der Waals surface area (Å²) in [6, 6.07) is 7.06. The Hall–Kier alpha value is -3.24. The Morgan fingerprint density at radius 3 is 2.36 bits per heavy atom. The van der Waals surface area contributed by atoms with Gasteiger partial charge in [0.1, 0.15) is 24.1 Å². The van der Waals surface area contributed by atoms with E-state index in [1.54, 1.807) is 12.3 Å². The van der Waals surface area contributed by atoms with Gasteiger partial charge in [-0.1, -0.05) is 0 Å². The molecule has 2 atom stereocenters. The molecule has 2 amide bonds. The zero-order chi connectivity index (χ0) is 25.3. The summed E-state index contributed by atoms with van der Waals surface area (Å²) in [6.07, 6.45) is 5.49. The highest BCUT2D eigenvalue weighted by molar-refractivity contribution is 5.83. The fraction of sp³-hybridized carbons (Fsp3) is 0.654. The van der Waals surface area contributed by atoms with Crippen LogP contribution in [0.1, 0.15) is 50.5 Å². The Morgan fingerprint density at radius 1 is 1.08 bits per heavy atom. The van der Waals surface area contributed by atoms with E-state index in [0.29, 0.717) is 31.7 Å². The summed E-state index contributed by atoms with van der Waals surface area (Å²) in [6.45, 7) is 2.86. The molecule has 3 heterocycles. The number of carbonyl (C=O) groups is 2. The van der Waals surface area contributed by atoms with Gasteiger partial charge in [-0.05, 0) is 50.7 Å². The molecule has 1 aromatic rings. The first kappa shape index (κ1) is 24.5. The van der Waals surface area contributed by atoms with Gasteiger partial charge in [-0.2, -0.15) is 10.5 Å². The predicted molar refractivity (Wildman–Crippen MR) is 129 cm³/mol. The lowest BCUT2D eigenvalue weighted by Crippen LogP contribution is -2.61. The van der Waals surface area contributed by atoms with Gasteiger partial charge in [-0.15, -0.1) is 0 Å². The van der Waals surface area contributed by atoms with Gasteiger partial charge in [-0.25, -0.2) is 9.37 Å². The topological polar surface area (TPSA) is 116 Å². The van der Waals surface area contributed by atoms with Crippen LogP contribution in [-0.2, 0) is 9.59 Å². The Balaban J connectivity index is 1.12. The highest BCUT2D eigenvalue weighted by atomic mass is 19.1. The summed E-state index contributed by atoms with van der Waals surface area (Å²) in [7, 11) is 0. The molecule has 2 aliphatic heterocycles. The summed E-state index contributed by atoms with van der Waals surface area (Å²) in [5, 5.41) is 21.6. The molecule has 2 bridgehead atoms. The van der Waals surface area contributed by atoms with E-state index in [1.807, 2.05) is 17.0 Å². The molecule has 3 saturated carbocycles. The van der Waals surface area contributed by atoms with Crippen LogP contribution in [0.15, 0.2) is 18.3 Å². The predicted octanol–water partition coefficient (Wildman–Crippen LogP) is 1.75. The number of aromatic nitrogens is 1. The van der Waals surface area contributed by atoms with E-state index < -0.39 is 12.2 Å². The number of nitriles is 2. The minimum atomic E-state index is -1.13. The van der Waals surface area contributed by atoms with Crippen LogP contribution in [0.3, 0.4) is 0 Å². The van der Waals surface area contributed by atoms with E-state index >= 15 is 0 Å². The monoisotopic (exact) mass is 493 g/mol. The maximum atomic E-state index is 13.7. The van der Waals surface area contributed by atoms with E-state index in [-0.39, 0.29) is 42.3 Å². The molecule has 190 valence electrons. The van der Waals surface area contributed by atoms with Crippen molar-refractivity contribution >= 4 is 17.6 Å². The number of amides is 2. The molecule has 9 nitrogen and oxygen atoms in total. The number of halogens is 1. The van der Waals surface area contributed by atoms with Gasteiger partial charge in [0, 0.05) is 49.8 Å². The van der Waals surface area contributed by atoms with Crippen molar-refractivity contribution in [3.8, 4) is 12.1 Å². The van der Waals surface area contributed by atoms with Gasteiger partial charge in [0.05, 0.1) is 24.7 Å². The number of carbonyl (C=O) groups excluding carboxylic acids is 2. The molecule has 5 aliphatic rings. The number of likely N-dealkylation sites (tertiary alicyclic amines) is 1. The van der Waals surface area contributed by atoms with E-state index in [0.717, 1.165) is 44.3 Å². The summed E-state index contributed by atoms with van der Waals surface area (Å²) >= 11 is 0. The van der Waals surface area contributed by atoms with Gasteiger partial charge < -0.3 is 20.0 Å². The van der Waals surface area contributed by atoms with Crippen LogP contribution in [-0.4, -0.2) is 83.6 Å². The lowest BCUT2D eigenvalue weighted by molar-refractivity contribution is -0.150. The third kappa shape index (κ3) is 4.51. The van der Waals surface area contributed by atoms with Gasteiger partial charge in [0.15, 0.2) is 0 Å². The average Bonchev–Trinajstić information content (AvgIpc) is 3.33. The molecule has 36 heavy (non-hydrogen) atoms. The molecular formula is C26H32FN7O2. The number of rotatable bonds is 5. The molecular weight excluding hydrogens is 461 g/mol. The minimum Gasteiger partial charge on any atom is -0.353 e. The maximum Gasteiger partial charge on any atom is 0.237 e. The van der Waals surface area contributed by atoms with Crippen LogP contribution in [0.5, 0.6) is 0 Å². The van der Waals surface area contributed by atoms with Crippen molar-refractivity contribution in [2.45, 2.75) is 62.7 Å². The van der Waals surface area contributed by atoms with Gasteiger partial charge >= 0.3 is 0 Å². The van der Waals surface area contributed by atoms with Crippen LogP contribution < -0.4 is 10.2 Å². The standard InChI is InChI=1S/C26H32FN7O2/c27-20-13-21(15-29)34(18-20)23(35)17-31-26-6-3-25(4-7-26,5-8-26)24(36)33-11-9-32(10-12-33)22-2-1-19(14-28)16-30-22/h1-2,16,20-21,31H,3-13,17-18H2. The van der Waals surface area contributed by atoms with Crippen molar-refractivity contribution in [1.82, 2.24) is 20.1 Å². The van der Waals surface area contributed by atoms with Gasteiger partial charge in [0.25, 0.3) is 0 Å². The van der Waals surface area contributed by atoms with Crippen LogP contribution in [0.4, 0.5) is 10.2 Å². The van der Waals surface area contributed by atoms with E-state index in [4.69, 9.17) is 5.26 Å². The fourth-order valence-corrected chi connectivity index (χ4v) is 6.43. The third-order valence-corrected chi connectivity index (χ3v) is 8.80. The third-order valence-electron chi connectivity index (χ3n) is 8.80. The first-order valence-electron chi connectivity index (χ1n) is 12.9. The molecule has 2 unspecified atom stereocenters. The Morgan fingerprint density at radius 2 is 1.78 bits per heavy atom. The second-order valence-corrected chi connectivity index (χ2v) is 10.7. The Labute approximate surface area is 210 Å². The number of pyridine rings is 1. The van der Waals surface area contributed by atoms with Crippen molar-refractivity contribution in [2.24, 2.45) is 5.41 Å². The average molecular weight is 494 g/mol. The summed E-state index contributed by atoms with van der Waals surface area (Å²) in [4.78, 5) is 36.2. The van der Waals surface area contributed by atoms with Crippen LogP contribution >= 0.6 is 0 Å². The van der Waals surface area contributed by atoms with Gasteiger partial charge in [-0.3, -0.25) is 9.59 Å². The molecule has 0 radical (unpaired) electrons. The van der Waals surface area contributed by atoms with Crippen molar-refractivity contribution < 1.29 is 14.0 Å². The zero-order valence-corrected chi connectivity index (χ0v) is 20.5. The lowest BCUT2D eigenvalue weighted by Gasteiger charge is -2.54. The SMILES string of the molecule is N#Cc1ccc(N2CCN(C(=O)C34CCC(NCC(=O)N5CC(F)CC5C#N)(CC3)CC4)CC2)nc1. The molecule has 0 aromatic carbocycles. The van der Waals surface area contributed by atoms with Crippen LogP contribution in [0, 0.1) is 28.1 Å². The second kappa shape index (κ2) is 9.67. The number of hydrogen-bond donors (Lipinski definition) is 1. The van der Waals surface area contributed by atoms with E-state index in [1.165, 1.54) is 4.90 Å². The molecule has 6 rings (SSSR count). The van der Waals surface area contributed by atoms with Crippen LogP contribution in [0.2, 0.25) is 0 Å². The smallest absolute Gasteiger partial charge is 0.237 e. The second-order valence-electron chi connectivity index (χ2n) is 10.7. The first-order chi connectivity index (χ1) is 17.4. The largest absolute Gasteiger partial charge is 0.353 e. The van der Waals surface area contributed by atoms with E-state index in [2.05, 4.69) is 21.3 Å². The Bertz CT molecular complexity index is 1060. The fourth-order valence-electron chi connectivity index (χ4n) is 6.43. The number of piperazine rings is 1. The van der Waals surface area contributed by atoms with Crippen molar-refractivity contribution in [1.29, 1.82) is 10.5 Å². The lowest BCUT2D eigenvalue weighted by atomic mass is 9.56. The quantitative estimate of drug-likeness (QED) is 0.664. The number of nitrogens with one attached hydrogen (secondary N) is 1. The first-order valence-corrected chi connectivity index (χ1v) is 12.9. The summed E-state index contributed by atoms with van der Waals surface area (Å²) in [5.41, 5.74) is 0.0613. The number of fused-ring (bicyclic) bond motifs is 3. The summed E-state index contributed by atoms with van der Waals surface area (Å²) < 4.78 is 13.7. The highest BCUT2D eigenvalue weighted by Gasteiger charge is 2.53. The molecule has 1 N–H and O–H groups in total. The normalized spacial score (nSPS) is 31.7. The number of anilines is 1. The zero-order valence-electron chi connectivity index (χ0n) is 20.5. The molecule has 5 fully saturated rings. The Kier molecular flexibility index (Phi) is 6.57.